The number of likely N-dealkylation sites (tertiary alicyclic amines) is 2. The number of benzene rings is 2. The van der Waals surface area contributed by atoms with Gasteiger partial charge in [-0.3, -0.25) is 19.8 Å². The number of amides is 4. The van der Waals surface area contributed by atoms with Crippen molar-refractivity contribution in [3.63, 3.8) is 0 Å². The van der Waals surface area contributed by atoms with Crippen molar-refractivity contribution in [3.8, 4) is 0 Å². The standard InChI is InChI=1S/C26H34N6O.C22H32N4O.C4H3ClN2/c1-29(2)25(33)31-18-26(22-5-3-4-6-23(22)31)9-13-30(14-10-26)21-15-19-7-8-20(16-21)32(19)24-17-27-11-12-28-24;1-24(2)21(27)26-15-22(19-5-3-4-6-20(19)26)9-11-25(12-10-22)18-13-16-7-8-17(14-18)23-16;5-4-3-6-1-2-7-4/h3-6,11-12,17,19-21H,7-10,13-16,18H2,1-2H3;3-6,16-18,23H,7-15H2,1-2H3;1-3H. The molecule has 0 radical (unpaired) electrons. The molecule has 356 valence electrons. The molecule has 12 rings (SSSR count). The van der Waals surface area contributed by atoms with Crippen molar-refractivity contribution in [1.29, 1.82) is 0 Å². The van der Waals surface area contributed by atoms with Crippen LogP contribution in [0.1, 0.15) is 88.2 Å². The monoisotopic (exact) mass is 929 g/mol. The lowest BCUT2D eigenvalue weighted by Crippen LogP contribution is -2.55. The zero-order valence-corrected chi connectivity index (χ0v) is 40.6. The van der Waals surface area contributed by atoms with Crippen LogP contribution in [0.5, 0.6) is 0 Å². The van der Waals surface area contributed by atoms with Gasteiger partial charge in [-0.2, -0.15) is 0 Å². The first kappa shape index (κ1) is 45.9. The van der Waals surface area contributed by atoms with Gasteiger partial charge in [-0.15, -0.1) is 0 Å². The maximum absolute atomic E-state index is 12.9. The molecule has 10 heterocycles. The summed E-state index contributed by atoms with van der Waals surface area (Å²) >= 11 is 5.37. The number of nitrogens with zero attached hydrogens (tertiary/aromatic N) is 11. The Morgan fingerprint density at radius 1 is 0.597 bits per heavy atom. The number of halogens is 1. The maximum Gasteiger partial charge on any atom is 0.323 e. The molecular formula is C52H69ClN12O2. The minimum atomic E-state index is 0.0923. The molecule has 8 aliphatic heterocycles. The number of aromatic nitrogens is 4. The number of para-hydroxylation sites is 2. The van der Waals surface area contributed by atoms with E-state index in [4.69, 9.17) is 11.6 Å². The highest BCUT2D eigenvalue weighted by Crippen LogP contribution is 2.50. The molecule has 6 saturated heterocycles. The van der Waals surface area contributed by atoms with Crippen molar-refractivity contribution < 1.29 is 9.59 Å². The first-order valence-electron chi connectivity index (χ1n) is 24.9. The number of rotatable bonds is 3. The summed E-state index contributed by atoms with van der Waals surface area (Å²) in [5, 5.41) is 4.21. The number of piperidine rings is 4. The smallest absolute Gasteiger partial charge is 0.323 e. The van der Waals surface area contributed by atoms with Crippen LogP contribution in [0.2, 0.25) is 5.15 Å². The Bertz CT molecular complexity index is 2310. The van der Waals surface area contributed by atoms with E-state index in [-0.39, 0.29) is 22.9 Å². The van der Waals surface area contributed by atoms with Crippen molar-refractivity contribution in [3.05, 3.63) is 102 Å². The van der Waals surface area contributed by atoms with E-state index in [9.17, 15) is 9.59 Å². The summed E-state index contributed by atoms with van der Waals surface area (Å²) in [4.78, 5) is 57.4. The van der Waals surface area contributed by atoms with Crippen molar-refractivity contribution in [2.24, 2.45) is 0 Å². The summed E-state index contributed by atoms with van der Waals surface area (Å²) in [6, 6.07) is 21.5. The van der Waals surface area contributed by atoms with Crippen LogP contribution in [0.15, 0.2) is 85.7 Å². The fraction of sp³-hybridized carbons (Fsp3) is 0.577. The molecule has 4 bridgehead atoms. The fourth-order valence-electron chi connectivity index (χ4n) is 13.4. The van der Waals surface area contributed by atoms with Crippen LogP contribution in [0.4, 0.5) is 26.8 Å². The molecule has 4 unspecified atom stereocenters. The zero-order valence-electron chi connectivity index (χ0n) is 39.9. The van der Waals surface area contributed by atoms with Gasteiger partial charge < -0.3 is 29.8 Å². The third-order valence-electron chi connectivity index (χ3n) is 16.7. The van der Waals surface area contributed by atoms with Gasteiger partial charge in [0, 0.05) is 125 Å². The molecule has 0 saturated carbocycles. The average Bonchev–Trinajstić information content (AvgIpc) is 4.06. The molecule has 0 aliphatic carbocycles. The fourth-order valence-corrected chi connectivity index (χ4v) is 13.5. The van der Waals surface area contributed by atoms with Crippen LogP contribution >= 0.6 is 11.6 Å². The number of hydrogen-bond acceptors (Lipinski definition) is 10. The topological polar surface area (TPSA) is 120 Å². The van der Waals surface area contributed by atoms with Gasteiger partial charge in [0.2, 0.25) is 0 Å². The summed E-state index contributed by atoms with van der Waals surface area (Å²) in [6.07, 6.45) is 25.1. The van der Waals surface area contributed by atoms with Crippen LogP contribution in [0, 0.1) is 0 Å². The van der Waals surface area contributed by atoms with E-state index in [1.807, 2.05) is 50.4 Å². The van der Waals surface area contributed by atoms with Crippen molar-refractivity contribution in [1.82, 2.24) is 44.9 Å². The van der Waals surface area contributed by atoms with Crippen LogP contribution < -0.4 is 20.0 Å². The summed E-state index contributed by atoms with van der Waals surface area (Å²) in [5.74, 6) is 1.05. The van der Waals surface area contributed by atoms with E-state index in [2.05, 4.69) is 88.5 Å². The first-order chi connectivity index (χ1) is 32.5. The lowest BCUT2D eigenvalue weighted by molar-refractivity contribution is 0.0887. The van der Waals surface area contributed by atoms with Gasteiger partial charge in [-0.25, -0.2) is 19.6 Å². The Kier molecular flexibility index (Phi) is 13.2. The predicted molar refractivity (Wildman–Crippen MR) is 265 cm³/mol. The van der Waals surface area contributed by atoms with E-state index in [1.165, 1.54) is 94.6 Å². The number of nitrogens with one attached hydrogen (secondary N) is 1. The van der Waals surface area contributed by atoms with Gasteiger partial charge in [-0.05, 0) is 126 Å². The molecule has 8 aliphatic rings. The zero-order chi connectivity index (χ0) is 46.3. The normalized spacial score (nSPS) is 27.7. The molecule has 67 heavy (non-hydrogen) atoms. The number of carbonyl (C=O) groups excluding carboxylic acids is 2. The molecule has 4 atom stereocenters. The molecule has 6 fully saturated rings. The van der Waals surface area contributed by atoms with Crippen LogP contribution in [0.3, 0.4) is 0 Å². The second-order valence-electron chi connectivity index (χ2n) is 21.0. The number of hydrogen-bond donors (Lipinski definition) is 1. The second kappa shape index (κ2) is 19.2. The molecular weight excluding hydrogens is 860 g/mol. The Morgan fingerprint density at radius 3 is 1.48 bits per heavy atom. The lowest BCUT2D eigenvalue weighted by atomic mass is 9.73. The number of fused-ring (bicyclic) bond motifs is 8. The van der Waals surface area contributed by atoms with Crippen LogP contribution in [-0.4, -0.2) is 155 Å². The van der Waals surface area contributed by atoms with Crippen LogP contribution in [-0.2, 0) is 10.8 Å². The van der Waals surface area contributed by atoms with E-state index < -0.39 is 0 Å². The molecule has 2 spiro atoms. The van der Waals surface area contributed by atoms with Gasteiger partial charge >= 0.3 is 12.1 Å². The quantitative estimate of drug-likeness (QED) is 0.222. The summed E-state index contributed by atoms with van der Waals surface area (Å²) in [5.41, 5.74) is 5.25. The Hall–Kier alpha value is -4.89. The van der Waals surface area contributed by atoms with E-state index in [1.54, 1.807) is 28.4 Å². The number of carbonyl (C=O) groups is 2. The number of urea groups is 2. The summed E-state index contributed by atoms with van der Waals surface area (Å²) in [7, 11) is 7.40. The maximum atomic E-state index is 12.9. The highest BCUT2D eigenvalue weighted by atomic mass is 35.5. The van der Waals surface area contributed by atoms with Gasteiger partial charge in [0.05, 0.1) is 12.4 Å². The van der Waals surface area contributed by atoms with Crippen molar-refractivity contribution in [2.75, 3.05) is 82.2 Å². The Balaban J connectivity index is 0.000000139. The molecule has 14 nitrogen and oxygen atoms in total. The van der Waals surface area contributed by atoms with Gasteiger partial charge in [0.15, 0.2) is 0 Å². The Morgan fingerprint density at radius 2 is 1.06 bits per heavy atom. The van der Waals surface area contributed by atoms with E-state index in [0.717, 1.165) is 74.3 Å². The molecule has 4 aromatic rings. The molecule has 1 N–H and O–H groups in total. The SMILES string of the molecule is CN(C)C(=O)N1CC2(CCN(C3CC4CCC(C3)N4)CC2)c2ccccc21.CN(C)C(=O)N1CC2(CCN(C3CC4CCC(C3)N4c3cnccn3)CC2)c2ccccc21.Clc1cnccn1. The minimum absolute atomic E-state index is 0.0923. The van der Waals surface area contributed by atoms with Gasteiger partial charge in [-0.1, -0.05) is 48.0 Å². The largest absolute Gasteiger partial charge is 0.349 e. The number of anilines is 3. The predicted octanol–water partition coefficient (Wildman–Crippen LogP) is 7.45. The second-order valence-corrected chi connectivity index (χ2v) is 21.4. The first-order valence-corrected chi connectivity index (χ1v) is 25.3. The third kappa shape index (κ3) is 9.11. The molecule has 2 aromatic heterocycles. The average molecular weight is 930 g/mol. The van der Waals surface area contributed by atoms with E-state index >= 15 is 0 Å². The molecule has 4 amide bonds. The Labute approximate surface area is 402 Å². The molecule has 2 aromatic carbocycles. The van der Waals surface area contributed by atoms with Crippen molar-refractivity contribution >= 4 is 40.9 Å². The molecule has 15 heteroatoms. The van der Waals surface area contributed by atoms with E-state index in [0.29, 0.717) is 23.3 Å². The van der Waals surface area contributed by atoms with Crippen molar-refractivity contribution in [2.45, 2.75) is 124 Å². The highest BCUT2D eigenvalue weighted by Gasteiger charge is 2.50. The van der Waals surface area contributed by atoms with Crippen LogP contribution in [0.25, 0.3) is 0 Å². The highest BCUT2D eigenvalue weighted by molar-refractivity contribution is 6.29. The minimum Gasteiger partial charge on any atom is -0.349 e. The summed E-state index contributed by atoms with van der Waals surface area (Å²) in [6.45, 7) is 6.23. The van der Waals surface area contributed by atoms with Gasteiger partial charge in [0.25, 0.3) is 0 Å². The summed E-state index contributed by atoms with van der Waals surface area (Å²) < 4.78 is 0. The van der Waals surface area contributed by atoms with Gasteiger partial charge in [0.1, 0.15) is 11.0 Å². The third-order valence-corrected chi connectivity index (χ3v) is 16.9. The lowest BCUT2D eigenvalue weighted by Gasteiger charge is -2.47.